The molecule has 0 aliphatic carbocycles. The number of guanidine groups is 1. The molecule has 0 radical (unpaired) electrons. The van der Waals surface area contributed by atoms with Gasteiger partial charge in [0, 0.05) is 53.6 Å². The van der Waals surface area contributed by atoms with Gasteiger partial charge in [0.15, 0.2) is 5.96 Å². The van der Waals surface area contributed by atoms with E-state index in [4.69, 9.17) is 0 Å². The zero-order valence-corrected chi connectivity index (χ0v) is 16.6. The molecule has 3 rings (SSSR count). The summed E-state index contributed by atoms with van der Waals surface area (Å²) in [4.78, 5) is 9.44. The SMILES string of the molecule is CN=C(NCc1ccc(N2CCSCC2)cc1)NCc1ccc(C)s1. The van der Waals surface area contributed by atoms with Gasteiger partial charge in [0.1, 0.15) is 0 Å². The van der Waals surface area contributed by atoms with Gasteiger partial charge in [-0.25, -0.2) is 0 Å². The largest absolute Gasteiger partial charge is 0.370 e. The summed E-state index contributed by atoms with van der Waals surface area (Å²) in [5.41, 5.74) is 2.60. The molecule has 4 nitrogen and oxygen atoms in total. The minimum absolute atomic E-state index is 0.777. The third kappa shape index (κ3) is 5.41. The van der Waals surface area contributed by atoms with Gasteiger partial charge < -0.3 is 15.5 Å². The van der Waals surface area contributed by atoms with E-state index >= 15 is 0 Å². The number of anilines is 1. The van der Waals surface area contributed by atoms with Crippen LogP contribution in [-0.4, -0.2) is 37.6 Å². The number of thioether (sulfide) groups is 1. The van der Waals surface area contributed by atoms with Crippen LogP contribution in [0.1, 0.15) is 15.3 Å². The fourth-order valence-electron chi connectivity index (χ4n) is 2.80. The van der Waals surface area contributed by atoms with Gasteiger partial charge in [-0.3, -0.25) is 4.99 Å². The van der Waals surface area contributed by atoms with Gasteiger partial charge in [-0.15, -0.1) is 11.3 Å². The Morgan fingerprint density at radius 1 is 1.04 bits per heavy atom. The molecule has 1 saturated heterocycles. The van der Waals surface area contributed by atoms with E-state index in [1.165, 1.54) is 32.5 Å². The standard InChI is InChI=1S/C19H26N4S2/c1-15-3-8-18(25-15)14-22-19(20-2)21-13-16-4-6-17(7-5-16)23-9-11-24-12-10-23/h3-8H,9-14H2,1-2H3,(H2,20,21,22). The molecule has 0 saturated carbocycles. The van der Waals surface area contributed by atoms with Gasteiger partial charge in [-0.1, -0.05) is 12.1 Å². The van der Waals surface area contributed by atoms with Crippen LogP contribution in [0.15, 0.2) is 41.4 Å². The molecule has 25 heavy (non-hydrogen) atoms. The van der Waals surface area contributed by atoms with Crippen LogP contribution >= 0.6 is 23.1 Å². The summed E-state index contributed by atoms with van der Waals surface area (Å²) in [6.07, 6.45) is 0. The lowest BCUT2D eigenvalue weighted by molar-refractivity contribution is 0.814. The first kappa shape index (κ1) is 18.1. The van der Waals surface area contributed by atoms with Crippen molar-refractivity contribution in [2.24, 2.45) is 4.99 Å². The zero-order valence-electron chi connectivity index (χ0n) is 14.9. The number of hydrogen-bond acceptors (Lipinski definition) is 4. The molecule has 1 aliphatic heterocycles. The quantitative estimate of drug-likeness (QED) is 0.621. The third-order valence-electron chi connectivity index (χ3n) is 4.22. The topological polar surface area (TPSA) is 39.7 Å². The normalized spacial score (nSPS) is 15.3. The number of nitrogens with zero attached hydrogens (tertiary/aromatic N) is 2. The summed E-state index contributed by atoms with van der Waals surface area (Å²) in [7, 11) is 1.81. The van der Waals surface area contributed by atoms with Crippen LogP contribution < -0.4 is 15.5 Å². The number of benzene rings is 1. The van der Waals surface area contributed by atoms with Crippen molar-refractivity contribution in [3.8, 4) is 0 Å². The van der Waals surface area contributed by atoms with E-state index in [9.17, 15) is 0 Å². The van der Waals surface area contributed by atoms with Gasteiger partial charge in [-0.05, 0) is 36.8 Å². The molecule has 0 bridgehead atoms. The molecular formula is C19H26N4S2. The van der Waals surface area contributed by atoms with Crippen LogP contribution in [0.25, 0.3) is 0 Å². The maximum atomic E-state index is 4.30. The first-order valence-electron chi connectivity index (χ1n) is 8.66. The molecule has 2 aromatic rings. The van der Waals surface area contributed by atoms with Gasteiger partial charge in [0.25, 0.3) is 0 Å². The second kappa shape index (κ2) is 9.15. The van der Waals surface area contributed by atoms with Crippen LogP contribution in [0.5, 0.6) is 0 Å². The van der Waals surface area contributed by atoms with Crippen molar-refractivity contribution < 1.29 is 0 Å². The molecule has 1 fully saturated rings. The Labute approximate surface area is 158 Å². The number of thiophene rings is 1. The van der Waals surface area contributed by atoms with E-state index in [1.54, 1.807) is 0 Å². The highest BCUT2D eigenvalue weighted by Gasteiger charge is 2.10. The van der Waals surface area contributed by atoms with Crippen molar-refractivity contribution in [3.63, 3.8) is 0 Å². The molecule has 6 heteroatoms. The molecule has 0 spiro atoms. The van der Waals surface area contributed by atoms with Gasteiger partial charge in [0.05, 0.1) is 6.54 Å². The van der Waals surface area contributed by atoms with Crippen LogP contribution in [0.3, 0.4) is 0 Å². The minimum Gasteiger partial charge on any atom is -0.370 e. The summed E-state index contributed by atoms with van der Waals surface area (Å²) < 4.78 is 0. The van der Waals surface area contributed by atoms with Crippen LogP contribution in [0, 0.1) is 6.92 Å². The average molecular weight is 375 g/mol. The second-order valence-electron chi connectivity index (χ2n) is 6.06. The molecule has 1 aromatic heterocycles. The average Bonchev–Trinajstić information content (AvgIpc) is 3.08. The van der Waals surface area contributed by atoms with E-state index in [1.807, 2.05) is 30.1 Å². The van der Waals surface area contributed by atoms with Crippen molar-refractivity contribution in [1.82, 2.24) is 10.6 Å². The van der Waals surface area contributed by atoms with E-state index in [-0.39, 0.29) is 0 Å². The lowest BCUT2D eigenvalue weighted by atomic mass is 10.2. The molecule has 2 heterocycles. The molecule has 0 amide bonds. The van der Waals surface area contributed by atoms with Gasteiger partial charge in [0.2, 0.25) is 0 Å². The lowest BCUT2D eigenvalue weighted by Crippen LogP contribution is -2.36. The van der Waals surface area contributed by atoms with Crippen molar-refractivity contribution in [3.05, 3.63) is 51.7 Å². The monoisotopic (exact) mass is 374 g/mol. The Morgan fingerprint density at radius 2 is 1.76 bits per heavy atom. The number of rotatable bonds is 5. The van der Waals surface area contributed by atoms with Crippen molar-refractivity contribution >= 4 is 34.7 Å². The first-order chi connectivity index (χ1) is 12.2. The number of nitrogens with one attached hydrogen (secondary N) is 2. The van der Waals surface area contributed by atoms with Crippen LogP contribution in [-0.2, 0) is 13.1 Å². The van der Waals surface area contributed by atoms with Gasteiger partial charge >= 0.3 is 0 Å². The Hall–Kier alpha value is -1.66. The molecule has 1 aliphatic rings. The third-order valence-corrected chi connectivity index (χ3v) is 6.17. The van der Waals surface area contributed by atoms with E-state index in [2.05, 4.69) is 63.8 Å². The molecule has 0 atom stereocenters. The summed E-state index contributed by atoms with van der Waals surface area (Å²) >= 11 is 3.86. The van der Waals surface area contributed by atoms with E-state index in [0.29, 0.717) is 0 Å². The Balaban J connectivity index is 1.47. The predicted molar refractivity (Wildman–Crippen MR) is 112 cm³/mol. The highest BCUT2D eigenvalue weighted by molar-refractivity contribution is 7.99. The fraction of sp³-hybridized carbons (Fsp3) is 0.421. The maximum absolute atomic E-state index is 4.30. The summed E-state index contributed by atoms with van der Waals surface area (Å²) in [6.45, 7) is 6.03. The zero-order chi connectivity index (χ0) is 17.5. The van der Waals surface area contributed by atoms with Crippen molar-refractivity contribution in [1.29, 1.82) is 0 Å². The summed E-state index contributed by atoms with van der Waals surface area (Å²) in [5, 5.41) is 6.76. The number of aryl methyl sites for hydroxylation is 1. The lowest BCUT2D eigenvalue weighted by Gasteiger charge is -2.28. The van der Waals surface area contributed by atoms with Crippen LogP contribution in [0.4, 0.5) is 5.69 Å². The smallest absolute Gasteiger partial charge is 0.191 e. The molecule has 0 unspecified atom stereocenters. The van der Waals surface area contributed by atoms with E-state index in [0.717, 1.165) is 32.1 Å². The summed E-state index contributed by atoms with van der Waals surface area (Å²) in [5.74, 6) is 3.30. The Kier molecular flexibility index (Phi) is 6.64. The Bertz CT molecular complexity index is 688. The van der Waals surface area contributed by atoms with Crippen molar-refractivity contribution in [2.75, 3.05) is 36.5 Å². The van der Waals surface area contributed by atoms with Gasteiger partial charge in [-0.2, -0.15) is 11.8 Å². The Morgan fingerprint density at radius 3 is 2.40 bits per heavy atom. The fourth-order valence-corrected chi connectivity index (χ4v) is 4.54. The highest BCUT2D eigenvalue weighted by atomic mass is 32.2. The van der Waals surface area contributed by atoms with Crippen LogP contribution in [0.2, 0.25) is 0 Å². The first-order valence-corrected chi connectivity index (χ1v) is 10.6. The predicted octanol–water partition coefficient (Wildman–Crippen LogP) is 3.47. The highest BCUT2D eigenvalue weighted by Crippen LogP contribution is 2.19. The molecule has 134 valence electrons. The molecule has 1 aromatic carbocycles. The molecule has 2 N–H and O–H groups in total. The maximum Gasteiger partial charge on any atom is 0.191 e. The van der Waals surface area contributed by atoms with E-state index < -0.39 is 0 Å². The number of aliphatic imine (C=N–C) groups is 1. The summed E-state index contributed by atoms with van der Waals surface area (Å²) in [6, 6.07) is 13.2. The second-order valence-corrected chi connectivity index (χ2v) is 8.65. The molecular weight excluding hydrogens is 348 g/mol. The number of hydrogen-bond donors (Lipinski definition) is 2. The minimum atomic E-state index is 0.777. The van der Waals surface area contributed by atoms with Crippen molar-refractivity contribution in [2.45, 2.75) is 20.0 Å².